The Bertz CT molecular complexity index is 602. The molecule has 2 rings (SSSR count). The highest BCUT2D eigenvalue weighted by atomic mass is 35.5. The molecule has 0 saturated carbocycles. The van der Waals surface area contributed by atoms with Gasteiger partial charge in [0.1, 0.15) is 0 Å². The van der Waals surface area contributed by atoms with Gasteiger partial charge in [0, 0.05) is 17.8 Å². The van der Waals surface area contributed by atoms with Crippen LogP contribution in [0, 0.1) is 0 Å². The molecule has 5 heteroatoms. The number of benzene rings is 1. The van der Waals surface area contributed by atoms with Crippen molar-refractivity contribution in [3.63, 3.8) is 0 Å². The molecule has 0 atom stereocenters. The summed E-state index contributed by atoms with van der Waals surface area (Å²) in [7, 11) is 0. The van der Waals surface area contributed by atoms with E-state index in [4.69, 9.17) is 11.6 Å². The molecule has 1 heterocycles. The molecule has 20 heavy (non-hydrogen) atoms. The quantitative estimate of drug-likeness (QED) is 0.916. The highest BCUT2D eigenvalue weighted by Gasteiger charge is 2.16. The number of anilines is 1. The number of hydrogen-bond donors (Lipinski definition) is 1. The predicted molar refractivity (Wildman–Crippen MR) is 79.4 cm³/mol. The number of rotatable bonds is 5. The average molecular weight is 291 g/mol. The fourth-order valence-electron chi connectivity index (χ4n) is 2.00. The molecule has 104 valence electrons. The van der Waals surface area contributed by atoms with E-state index in [1.165, 1.54) is 6.07 Å². The molecule has 0 aliphatic carbocycles. The zero-order valence-corrected chi connectivity index (χ0v) is 11.8. The van der Waals surface area contributed by atoms with E-state index < -0.39 is 5.97 Å². The lowest BCUT2D eigenvalue weighted by atomic mass is 10.1. The Labute approximate surface area is 122 Å². The van der Waals surface area contributed by atoms with Crippen LogP contribution in [0.3, 0.4) is 0 Å². The maximum Gasteiger partial charge on any atom is 0.337 e. The maximum absolute atomic E-state index is 11.3. The summed E-state index contributed by atoms with van der Waals surface area (Å²) < 4.78 is 0. The molecule has 0 saturated heterocycles. The molecule has 0 fully saturated rings. The van der Waals surface area contributed by atoms with Crippen LogP contribution in [0.1, 0.15) is 23.0 Å². The molecule has 1 aromatic carbocycles. The van der Waals surface area contributed by atoms with Gasteiger partial charge in [-0.3, -0.25) is 4.98 Å². The molecule has 2 aromatic rings. The largest absolute Gasteiger partial charge is 0.478 e. The Balaban J connectivity index is 2.36. The number of aromatic carboxylic acids is 1. The van der Waals surface area contributed by atoms with Gasteiger partial charge in [-0.1, -0.05) is 17.7 Å². The van der Waals surface area contributed by atoms with Crippen LogP contribution in [-0.4, -0.2) is 22.6 Å². The van der Waals surface area contributed by atoms with Crippen LogP contribution in [0.2, 0.25) is 5.02 Å². The standard InChI is InChI=1S/C15H15ClN2O2/c1-2-18(10-12-5-3-4-8-17-12)14-9-11(16)6-7-13(14)15(19)20/h3-9H,2,10H2,1H3,(H,19,20). The first-order valence-electron chi connectivity index (χ1n) is 6.29. The second-order valence-corrected chi connectivity index (χ2v) is 4.74. The van der Waals surface area contributed by atoms with Crippen molar-refractivity contribution >= 4 is 23.3 Å². The fourth-order valence-corrected chi connectivity index (χ4v) is 2.17. The van der Waals surface area contributed by atoms with Gasteiger partial charge in [-0.05, 0) is 37.3 Å². The van der Waals surface area contributed by atoms with Crippen LogP contribution in [0.5, 0.6) is 0 Å². The van der Waals surface area contributed by atoms with E-state index in [0.717, 1.165) is 5.69 Å². The number of nitrogens with zero attached hydrogens (tertiary/aromatic N) is 2. The predicted octanol–water partition coefficient (Wildman–Crippen LogP) is 3.46. The lowest BCUT2D eigenvalue weighted by Gasteiger charge is -2.24. The van der Waals surface area contributed by atoms with Crippen molar-refractivity contribution < 1.29 is 9.90 Å². The van der Waals surface area contributed by atoms with Gasteiger partial charge < -0.3 is 10.0 Å². The van der Waals surface area contributed by atoms with Crippen LogP contribution in [-0.2, 0) is 6.54 Å². The molecule has 4 nitrogen and oxygen atoms in total. The molecule has 1 N–H and O–H groups in total. The van der Waals surface area contributed by atoms with E-state index in [1.807, 2.05) is 30.0 Å². The molecular weight excluding hydrogens is 276 g/mol. The number of carboxylic acids is 1. The smallest absolute Gasteiger partial charge is 0.337 e. The monoisotopic (exact) mass is 290 g/mol. The van der Waals surface area contributed by atoms with Crippen LogP contribution in [0.15, 0.2) is 42.6 Å². The second kappa shape index (κ2) is 6.39. The SMILES string of the molecule is CCN(Cc1ccccn1)c1cc(Cl)ccc1C(=O)O. The molecule has 0 unspecified atom stereocenters. The lowest BCUT2D eigenvalue weighted by molar-refractivity contribution is 0.0697. The average Bonchev–Trinajstić information content (AvgIpc) is 2.45. The van der Waals surface area contributed by atoms with Crippen molar-refractivity contribution in [2.75, 3.05) is 11.4 Å². The summed E-state index contributed by atoms with van der Waals surface area (Å²) in [5.74, 6) is -0.962. The number of halogens is 1. The molecule has 0 bridgehead atoms. The molecule has 0 aliphatic rings. The number of aromatic nitrogens is 1. The van der Waals surface area contributed by atoms with Gasteiger partial charge in [0.05, 0.1) is 23.5 Å². The zero-order chi connectivity index (χ0) is 14.5. The molecule has 1 aromatic heterocycles. The van der Waals surface area contributed by atoms with E-state index in [2.05, 4.69) is 4.98 Å². The Morgan fingerprint density at radius 1 is 1.35 bits per heavy atom. The third-order valence-electron chi connectivity index (χ3n) is 2.99. The third kappa shape index (κ3) is 3.27. The minimum Gasteiger partial charge on any atom is -0.478 e. The Hall–Kier alpha value is -2.07. The summed E-state index contributed by atoms with van der Waals surface area (Å²) in [6.07, 6.45) is 1.72. The van der Waals surface area contributed by atoms with Gasteiger partial charge in [-0.25, -0.2) is 4.79 Å². The highest BCUT2D eigenvalue weighted by molar-refractivity contribution is 6.31. The van der Waals surface area contributed by atoms with Crippen LogP contribution in [0.25, 0.3) is 0 Å². The normalized spacial score (nSPS) is 10.3. The third-order valence-corrected chi connectivity index (χ3v) is 3.23. The number of pyridine rings is 1. The van der Waals surface area contributed by atoms with Crippen molar-refractivity contribution in [3.05, 3.63) is 58.9 Å². The number of hydrogen-bond acceptors (Lipinski definition) is 3. The Morgan fingerprint density at radius 2 is 2.15 bits per heavy atom. The van der Waals surface area contributed by atoms with Gasteiger partial charge in [0.2, 0.25) is 0 Å². The van der Waals surface area contributed by atoms with E-state index in [9.17, 15) is 9.90 Å². The second-order valence-electron chi connectivity index (χ2n) is 4.30. The molecule has 0 spiro atoms. The van der Waals surface area contributed by atoms with Gasteiger partial charge in [-0.2, -0.15) is 0 Å². The summed E-state index contributed by atoms with van der Waals surface area (Å²) in [5, 5.41) is 9.80. The van der Waals surface area contributed by atoms with Crippen molar-refractivity contribution in [3.8, 4) is 0 Å². The van der Waals surface area contributed by atoms with E-state index in [1.54, 1.807) is 18.3 Å². The molecule has 0 aliphatic heterocycles. The minimum absolute atomic E-state index is 0.243. The molecule has 0 radical (unpaired) electrons. The van der Waals surface area contributed by atoms with E-state index in [0.29, 0.717) is 23.8 Å². The zero-order valence-electron chi connectivity index (χ0n) is 11.1. The summed E-state index contributed by atoms with van der Waals surface area (Å²) in [5.41, 5.74) is 1.73. The molecule has 0 amide bonds. The minimum atomic E-state index is -0.962. The van der Waals surface area contributed by atoms with Crippen LogP contribution in [0.4, 0.5) is 5.69 Å². The number of carboxylic acid groups (broad SMARTS) is 1. The van der Waals surface area contributed by atoms with Crippen LogP contribution >= 0.6 is 11.6 Å². The van der Waals surface area contributed by atoms with E-state index >= 15 is 0 Å². The summed E-state index contributed by atoms with van der Waals surface area (Å²) in [6.45, 7) is 3.17. The van der Waals surface area contributed by atoms with Gasteiger partial charge in [-0.15, -0.1) is 0 Å². The first-order chi connectivity index (χ1) is 9.61. The lowest BCUT2D eigenvalue weighted by Crippen LogP contribution is -2.24. The topological polar surface area (TPSA) is 53.4 Å². The Morgan fingerprint density at radius 3 is 2.75 bits per heavy atom. The summed E-state index contributed by atoms with van der Waals surface area (Å²) >= 11 is 5.99. The highest BCUT2D eigenvalue weighted by Crippen LogP contribution is 2.26. The van der Waals surface area contributed by atoms with Gasteiger partial charge in [0.15, 0.2) is 0 Å². The van der Waals surface area contributed by atoms with Gasteiger partial charge in [0.25, 0.3) is 0 Å². The van der Waals surface area contributed by atoms with Crippen molar-refractivity contribution in [1.29, 1.82) is 0 Å². The van der Waals surface area contributed by atoms with Crippen LogP contribution < -0.4 is 4.90 Å². The Kier molecular flexibility index (Phi) is 4.58. The maximum atomic E-state index is 11.3. The van der Waals surface area contributed by atoms with Crippen molar-refractivity contribution in [1.82, 2.24) is 4.98 Å². The fraction of sp³-hybridized carbons (Fsp3) is 0.200. The van der Waals surface area contributed by atoms with E-state index in [-0.39, 0.29) is 5.56 Å². The summed E-state index contributed by atoms with van der Waals surface area (Å²) in [4.78, 5) is 17.5. The summed E-state index contributed by atoms with van der Waals surface area (Å²) in [6, 6.07) is 10.5. The first-order valence-corrected chi connectivity index (χ1v) is 6.67. The molecular formula is C15H15ClN2O2. The van der Waals surface area contributed by atoms with Gasteiger partial charge >= 0.3 is 5.97 Å². The number of carbonyl (C=O) groups is 1. The van der Waals surface area contributed by atoms with Crippen molar-refractivity contribution in [2.45, 2.75) is 13.5 Å². The van der Waals surface area contributed by atoms with Crippen molar-refractivity contribution in [2.24, 2.45) is 0 Å². The first kappa shape index (κ1) is 14.3.